The third kappa shape index (κ3) is 13.6. The van der Waals surface area contributed by atoms with Crippen LogP contribution in [0.4, 0.5) is 0 Å². The predicted molar refractivity (Wildman–Crippen MR) is 92.1 cm³/mol. The zero-order chi connectivity index (χ0) is 14.9. The van der Waals surface area contributed by atoms with Crippen LogP contribution in [0.15, 0.2) is 29.4 Å². The molecule has 0 aliphatic rings. The summed E-state index contributed by atoms with van der Waals surface area (Å²) < 4.78 is 3.06. The highest BCUT2D eigenvalue weighted by Gasteiger charge is 1.90. The van der Waals surface area contributed by atoms with Gasteiger partial charge >= 0.3 is 0 Å². The number of hydrogen-bond donors (Lipinski definition) is 1. The Balaban J connectivity index is 0. The molecule has 1 aromatic heterocycles. The van der Waals surface area contributed by atoms with Gasteiger partial charge in [-0.25, -0.2) is 0 Å². The Morgan fingerprint density at radius 1 is 1.16 bits per heavy atom. The summed E-state index contributed by atoms with van der Waals surface area (Å²) in [6.45, 7) is 8.49. The highest BCUT2D eigenvalue weighted by molar-refractivity contribution is 8.12. The van der Waals surface area contributed by atoms with Crippen LogP contribution < -0.4 is 4.72 Å². The number of aromatic nitrogens is 1. The van der Waals surface area contributed by atoms with Gasteiger partial charge in [0.05, 0.1) is 0 Å². The summed E-state index contributed by atoms with van der Waals surface area (Å²) in [6.07, 6.45) is 10.6. The monoisotopic (exact) mass is 284 g/mol. The molecule has 0 spiro atoms. The first-order chi connectivity index (χ1) is 9.26. The van der Waals surface area contributed by atoms with E-state index in [4.69, 9.17) is 0 Å². The van der Waals surface area contributed by atoms with Crippen LogP contribution in [0.25, 0.3) is 0 Å². The zero-order valence-electron chi connectivity index (χ0n) is 13.4. The van der Waals surface area contributed by atoms with Crippen molar-refractivity contribution in [3.8, 4) is 0 Å². The highest BCUT2D eigenvalue weighted by Crippen LogP contribution is 2.16. The second-order valence-corrected chi connectivity index (χ2v) is 5.51. The molecule has 112 valence electrons. The lowest BCUT2D eigenvalue weighted by molar-refractivity contribution is 0.656. The standard InChI is InChI=1S/C7H10N2S.C7H16.C2H6/c1-8-10(2)7-4-3-5-9-6-7;1-3-5-7-6-4-2;1-2/h3-6,8H,2H2,1H3;3-7H2,1-2H3;1-2H3. The number of hydrogen-bond acceptors (Lipinski definition) is 2. The molecule has 1 heterocycles. The lowest BCUT2D eigenvalue weighted by Gasteiger charge is -2.02. The van der Waals surface area contributed by atoms with Crippen molar-refractivity contribution in [1.29, 1.82) is 0 Å². The molecular weight excluding hydrogens is 252 g/mol. The van der Waals surface area contributed by atoms with Crippen molar-refractivity contribution < 1.29 is 0 Å². The molecule has 0 radical (unpaired) electrons. The number of unbranched alkanes of at least 4 members (excludes halogenated alkanes) is 4. The summed E-state index contributed by atoms with van der Waals surface area (Å²) >= 11 is 0. The van der Waals surface area contributed by atoms with Crippen molar-refractivity contribution in [3.05, 3.63) is 24.5 Å². The van der Waals surface area contributed by atoms with E-state index in [1.807, 2.05) is 39.2 Å². The molecule has 0 saturated heterocycles. The fourth-order valence-corrected chi connectivity index (χ4v) is 1.95. The molecule has 0 aliphatic carbocycles. The van der Waals surface area contributed by atoms with E-state index in [2.05, 4.69) is 29.4 Å². The molecule has 1 aromatic rings. The van der Waals surface area contributed by atoms with Gasteiger partial charge in [0.1, 0.15) is 0 Å². The minimum absolute atomic E-state index is 0.103. The second kappa shape index (κ2) is 17.3. The fraction of sp³-hybridized carbons (Fsp3) is 0.625. The van der Waals surface area contributed by atoms with E-state index in [0.29, 0.717) is 0 Å². The van der Waals surface area contributed by atoms with Gasteiger partial charge < -0.3 is 0 Å². The maximum atomic E-state index is 3.98. The van der Waals surface area contributed by atoms with E-state index in [1.165, 1.54) is 32.1 Å². The smallest absolute Gasteiger partial charge is 0.0411 e. The van der Waals surface area contributed by atoms with Crippen LogP contribution in [-0.2, 0) is 0 Å². The molecule has 3 heteroatoms. The van der Waals surface area contributed by atoms with Crippen LogP contribution >= 0.6 is 10.7 Å². The largest absolute Gasteiger partial charge is 0.269 e. The minimum atomic E-state index is -0.103. The summed E-state index contributed by atoms with van der Waals surface area (Å²) in [5, 5.41) is 0. The third-order valence-electron chi connectivity index (χ3n) is 2.37. The quantitative estimate of drug-likeness (QED) is 0.568. The summed E-state index contributed by atoms with van der Waals surface area (Å²) in [5.41, 5.74) is 0. The lowest BCUT2D eigenvalue weighted by atomic mass is 10.2. The predicted octanol–water partition coefficient (Wildman–Crippen LogP) is 5.28. The van der Waals surface area contributed by atoms with Gasteiger partial charge in [0, 0.05) is 17.3 Å². The normalized spacial score (nSPS) is 10.6. The lowest BCUT2D eigenvalue weighted by Crippen LogP contribution is -1.95. The van der Waals surface area contributed by atoms with Gasteiger partial charge in [0.25, 0.3) is 0 Å². The van der Waals surface area contributed by atoms with Crippen molar-refractivity contribution in [1.82, 2.24) is 9.71 Å². The Bertz CT molecular complexity index is 282. The van der Waals surface area contributed by atoms with Gasteiger partial charge in [0.15, 0.2) is 0 Å². The van der Waals surface area contributed by atoms with Gasteiger partial charge in [-0.3, -0.25) is 9.71 Å². The highest BCUT2D eigenvalue weighted by atomic mass is 32.2. The van der Waals surface area contributed by atoms with Crippen molar-refractivity contribution in [2.24, 2.45) is 0 Å². The summed E-state index contributed by atoms with van der Waals surface area (Å²) in [4.78, 5) is 5.12. The Labute approximate surface area is 123 Å². The van der Waals surface area contributed by atoms with Gasteiger partial charge in [-0.05, 0) is 19.2 Å². The zero-order valence-corrected chi connectivity index (χ0v) is 14.2. The maximum absolute atomic E-state index is 3.98. The molecule has 1 unspecified atom stereocenters. The number of rotatable bonds is 6. The van der Waals surface area contributed by atoms with Crippen LogP contribution in [0.3, 0.4) is 0 Å². The van der Waals surface area contributed by atoms with Gasteiger partial charge in [-0.15, -0.1) is 0 Å². The molecule has 1 rings (SSSR count). The van der Waals surface area contributed by atoms with Crippen LogP contribution in [0.1, 0.15) is 59.8 Å². The Hall–Kier alpha value is -0.670. The van der Waals surface area contributed by atoms with E-state index in [1.54, 1.807) is 6.20 Å². The van der Waals surface area contributed by atoms with Crippen molar-refractivity contribution in [2.75, 3.05) is 7.05 Å². The minimum Gasteiger partial charge on any atom is -0.269 e. The van der Waals surface area contributed by atoms with E-state index in [9.17, 15) is 0 Å². The Morgan fingerprint density at radius 3 is 2.11 bits per heavy atom. The molecule has 0 aliphatic heterocycles. The third-order valence-corrected chi connectivity index (χ3v) is 3.68. The average Bonchev–Trinajstić information content (AvgIpc) is 2.50. The van der Waals surface area contributed by atoms with E-state index >= 15 is 0 Å². The molecule has 1 atom stereocenters. The molecule has 19 heavy (non-hydrogen) atoms. The maximum Gasteiger partial charge on any atom is 0.0411 e. The molecule has 0 amide bonds. The van der Waals surface area contributed by atoms with Crippen LogP contribution in [0.2, 0.25) is 0 Å². The average molecular weight is 285 g/mol. The van der Waals surface area contributed by atoms with Crippen molar-refractivity contribution in [2.45, 2.75) is 64.7 Å². The molecule has 0 aromatic carbocycles. The first kappa shape index (κ1) is 20.6. The summed E-state index contributed by atoms with van der Waals surface area (Å²) in [6, 6.07) is 3.93. The summed E-state index contributed by atoms with van der Waals surface area (Å²) in [5.74, 6) is 3.90. The number of nitrogens with zero attached hydrogens (tertiary/aromatic N) is 1. The van der Waals surface area contributed by atoms with Gasteiger partial charge in [0.2, 0.25) is 0 Å². The van der Waals surface area contributed by atoms with E-state index in [-0.39, 0.29) is 10.7 Å². The molecule has 0 fully saturated rings. The Morgan fingerprint density at radius 2 is 1.74 bits per heavy atom. The van der Waals surface area contributed by atoms with E-state index < -0.39 is 0 Å². The molecule has 0 saturated carbocycles. The van der Waals surface area contributed by atoms with Crippen LogP contribution in [0.5, 0.6) is 0 Å². The van der Waals surface area contributed by atoms with E-state index in [0.717, 1.165) is 4.90 Å². The van der Waals surface area contributed by atoms with Gasteiger partial charge in [-0.2, -0.15) is 0 Å². The summed E-state index contributed by atoms with van der Waals surface area (Å²) in [7, 11) is 1.79. The number of nitrogens with one attached hydrogen (secondary N) is 1. The first-order valence-corrected chi connectivity index (χ1v) is 8.77. The topological polar surface area (TPSA) is 24.9 Å². The molecule has 0 bridgehead atoms. The molecule has 1 N–H and O–H groups in total. The fourth-order valence-electron chi connectivity index (χ4n) is 1.29. The van der Waals surface area contributed by atoms with Crippen molar-refractivity contribution >= 4 is 16.5 Å². The second-order valence-electron chi connectivity index (χ2n) is 3.84. The first-order valence-electron chi connectivity index (χ1n) is 7.37. The Kier molecular flexibility index (Phi) is 18.8. The van der Waals surface area contributed by atoms with Gasteiger partial charge in [-0.1, -0.05) is 76.3 Å². The van der Waals surface area contributed by atoms with Crippen LogP contribution in [-0.4, -0.2) is 17.9 Å². The van der Waals surface area contributed by atoms with Crippen molar-refractivity contribution in [3.63, 3.8) is 0 Å². The number of pyridine rings is 1. The van der Waals surface area contributed by atoms with Crippen LogP contribution in [0, 0.1) is 0 Å². The SMILES string of the molecule is C=S(NC)c1cccnc1.CC.CCCCCCC. The molecular formula is C16H32N2S. The molecule has 2 nitrogen and oxygen atoms in total.